The second-order valence-corrected chi connectivity index (χ2v) is 10.4. The van der Waals surface area contributed by atoms with Crippen LogP contribution in [0.25, 0.3) is 71.2 Å². The molecule has 3 heterocycles. The Morgan fingerprint density at radius 1 is 0.590 bits per heavy atom. The average molecular weight is 521 g/mol. The fraction of sp³-hybridized carbons (Fsp3) is 0. The minimum Gasteiger partial charge on any atom is -0.435 e. The van der Waals surface area contributed by atoms with Crippen molar-refractivity contribution in [2.45, 2.75) is 0 Å². The van der Waals surface area contributed by atoms with Crippen molar-refractivity contribution in [1.29, 1.82) is 0 Å². The summed E-state index contributed by atoms with van der Waals surface area (Å²) in [6, 6.07) is 41.3. The number of oxazole rings is 1. The van der Waals surface area contributed by atoms with Gasteiger partial charge in [-0.2, -0.15) is 0 Å². The number of fused-ring (bicyclic) bond motifs is 5. The number of hydrogen-bond donors (Lipinski definition) is 0. The van der Waals surface area contributed by atoms with E-state index >= 15 is 0 Å². The van der Waals surface area contributed by atoms with E-state index in [0.717, 1.165) is 65.3 Å². The van der Waals surface area contributed by atoms with E-state index in [2.05, 4.69) is 81.5 Å². The molecule has 0 atom stereocenters. The highest BCUT2D eigenvalue weighted by molar-refractivity contribution is 7.17. The molecule has 184 valence electrons. The predicted molar refractivity (Wildman–Crippen MR) is 158 cm³/mol. The van der Waals surface area contributed by atoms with Gasteiger partial charge < -0.3 is 8.98 Å². The van der Waals surface area contributed by atoms with Gasteiger partial charge in [-0.05, 0) is 42.5 Å². The molecule has 0 aliphatic heterocycles. The molecule has 0 amide bonds. The standard InChI is InChI=1S/C33H20N4OS/c1-3-10-21(11-4-1)31-34-26-18-19-28-29(30(26)38-31)25-16-7-8-17-27(25)37(28)24-15-9-14-23(20-24)33-36-35-32(39-33)22-12-5-2-6-13-22/h1-20H. The molecule has 5 aromatic carbocycles. The Labute approximate surface area is 227 Å². The van der Waals surface area contributed by atoms with E-state index in [4.69, 9.17) is 9.40 Å². The van der Waals surface area contributed by atoms with E-state index < -0.39 is 0 Å². The summed E-state index contributed by atoms with van der Waals surface area (Å²) >= 11 is 1.60. The molecule has 0 radical (unpaired) electrons. The van der Waals surface area contributed by atoms with Gasteiger partial charge in [0.25, 0.3) is 0 Å². The highest BCUT2D eigenvalue weighted by atomic mass is 32.1. The minimum atomic E-state index is 0.627. The van der Waals surface area contributed by atoms with Gasteiger partial charge in [-0.3, -0.25) is 0 Å². The Kier molecular flexibility index (Phi) is 4.93. The van der Waals surface area contributed by atoms with Crippen molar-refractivity contribution >= 4 is 44.2 Å². The topological polar surface area (TPSA) is 56.7 Å². The summed E-state index contributed by atoms with van der Waals surface area (Å²) in [5, 5.41) is 13.0. The second kappa shape index (κ2) is 8.75. The number of rotatable bonds is 4. The molecule has 0 saturated heterocycles. The van der Waals surface area contributed by atoms with Crippen LogP contribution in [0.2, 0.25) is 0 Å². The summed E-state index contributed by atoms with van der Waals surface area (Å²) in [6.45, 7) is 0. The number of aromatic nitrogens is 4. The fourth-order valence-electron chi connectivity index (χ4n) is 5.24. The Morgan fingerprint density at radius 2 is 1.28 bits per heavy atom. The van der Waals surface area contributed by atoms with Gasteiger partial charge in [-0.25, -0.2) is 4.98 Å². The molecule has 5 nitrogen and oxygen atoms in total. The summed E-state index contributed by atoms with van der Waals surface area (Å²) in [4.78, 5) is 4.81. The van der Waals surface area contributed by atoms with E-state index in [1.54, 1.807) is 11.3 Å². The predicted octanol–water partition coefficient (Wildman–Crippen LogP) is 8.78. The molecule has 0 aliphatic carbocycles. The van der Waals surface area contributed by atoms with Crippen molar-refractivity contribution in [3.63, 3.8) is 0 Å². The van der Waals surface area contributed by atoms with Crippen molar-refractivity contribution in [3.8, 4) is 38.3 Å². The lowest BCUT2D eigenvalue weighted by Gasteiger charge is -2.09. The number of nitrogens with zero attached hydrogens (tertiary/aromatic N) is 4. The van der Waals surface area contributed by atoms with Crippen LogP contribution in [0.15, 0.2) is 126 Å². The van der Waals surface area contributed by atoms with E-state index in [1.807, 2.05) is 54.6 Å². The smallest absolute Gasteiger partial charge is 0.227 e. The summed E-state index contributed by atoms with van der Waals surface area (Å²) in [5.41, 5.74) is 7.95. The van der Waals surface area contributed by atoms with Crippen molar-refractivity contribution in [2.75, 3.05) is 0 Å². The molecule has 0 spiro atoms. The van der Waals surface area contributed by atoms with Crippen LogP contribution in [0.1, 0.15) is 0 Å². The van der Waals surface area contributed by atoms with Gasteiger partial charge in [-0.15, -0.1) is 10.2 Å². The van der Waals surface area contributed by atoms with Gasteiger partial charge in [0.1, 0.15) is 15.5 Å². The highest BCUT2D eigenvalue weighted by Crippen LogP contribution is 2.39. The maximum atomic E-state index is 6.42. The quantitative estimate of drug-likeness (QED) is 0.233. The van der Waals surface area contributed by atoms with Crippen LogP contribution in [-0.4, -0.2) is 19.7 Å². The minimum absolute atomic E-state index is 0.627. The summed E-state index contributed by atoms with van der Waals surface area (Å²) in [7, 11) is 0. The maximum absolute atomic E-state index is 6.42. The Balaban J connectivity index is 1.31. The number of para-hydroxylation sites is 1. The molecular formula is C33H20N4OS. The van der Waals surface area contributed by atoms with E-state index in [1.165, 1.54) is 0 Å². The Bertz CT molecular complexity index is 2120. The normalized spacial score (nSPS) is 11.6. The van der Waals surface area contributed by atoms with Crippen LogP contribution in [0.3, 0.4) is 0 Å². The monoisotopic (exact) mass is 520 g/mol. The zero-order valence-corrected chi connectivity index (χ0v) is 21.5. The summed E-state index contributed by atoms with van der Waals surface area (Å²) in [6.07, 6.45) is 0. The van der Waals surface area contributed by atoms with Gasteiger partial charge in [0.2, 0.25) is 5.89 Å². The third-order valence-electron chi connectivity index (χ3n) is 7.01. The molecular weight excluding hydrogens is 500 g/mol. The molecule has 0 fully saturated rings. The SMILES string of the molecule is c1ccc(-c2nc3ccc4c(c5ccccc5n4-c4cccc(-c5nnc(-c6ccccc6)s5)c4)c3o2)cc1. The Hall–Kier alpha value is -5.07. The van der Waals surface area contributed by atoms with Crippen molar-refractivity contribution < 1.29 is 4.42 Å². The largest absolute Gasteiger partial charge is 0.435 e. The zero-order chi connectivity index (χ0) is 25.8. The van der Waals surface area contributed by atoms with Gasteiger partial charge in [-0.1, -0.05) is 90.2 Å². The van der Waals surface area contributed by atoms with Crippen LogP contribution in [0.5, 0.6) is 0 Å². The molecule has 0 aliphatic rings. The van der Waals surface area contributed by atoms with Crippen LogP contribution in [-0.2, 0) is 0 Å². The lowest BCUT2D eigenvalue weighted by atomic mass is 10.1. The van der Waals surface area contributed by atoms with Crippen LogP contribution in [0, 0.1) is 0 Å². The first-order valence-electron chi connectivity index (χ1n) is 12.7. The average Bonchev–Trinajstić information content (AvgIpc) is 3.74. The second-order valence-electron chi connectivity index (χ2n) is 9.37. The summed E-state index contributed by atoms with van der Waals surface area (Å²) < 4.78 is 8.71. The van der Waals surface area contributed by atoms with Crippen molar-refractivity contribution in [3.05, 3.63) is 121 Å². The zero-order valence-electron chi connectivity index (χ0n) is 20.7. The maximum Gasteiger partial charge on any atom is 0.227 e. The molecule has 8 rings (SSSR count). The first-order chi connectivity index (χ1) is 19.3. The van der Waals surface area contributed by atoms with Crippen LogP contribution in [0.4, 0.5) is 0 Å². The third-order valence-corrected chi connectivity index (χ3v) is 8.03. The molecule has 6 heteroatoms. The summed E-state index contributed by atoms with van der Waals surface area (Å²) in [5.74, 6) is 0.627. The third kappa shape index (κ3) is 3.57. The molecule has 39 heavy (non-hydrogen) atoms. The van der Waals surface area contributed by atoms with Gasteiger partial charge in [0, 0.05) is 27.8 Å². The van der Waals surface area contributed by atoms with E-state index in [-0.39, 0.29) is 0 Å². The first-order valence-corrected chi connectivity index (χ1v) is 13.5. The lowest BCUT2D eigenvalue weighted by Crippen LogP contribution is -1.94. The van der Waals surface area contributed by atoms with Gasteiger partial charge >= 0.3 is 0 Å². The van der Waals surface area contributed by atoms with E-state index in [9.17, 15) is 0 Å². The number of hydrogen-bond acceptors (Lipinski definition) is 5. The van der Waals surface area contributed by atoms with Gasteiger partial charge in [0.15, 0.2) is 5.58 Å². The fourth-order valence-corrected chi connectivity index (χ4v) is 6.08. The van der Waals surface area contributed by atoms with Crippen molar-refractivity contribution in [1.82, 2.24) is 19.7 Å². The molecule has 0 unspecified atom stereocenters. The lowest BCUT2D eigenvalue weighted by molar-refractivity contribution is 0.623. The first kappa shape index (κ1) is 22.0. The van der Waals surface area contributed by atoms with Crippen molar-refractivity contribution in [2.24, 2.45) is 0 Å². The Morgan fingerprint density at radius 3 is 2.10 bits per heavy atom. The molecule has 0 bridgehead atoms. The molecule has 0 N–H and O–H groups in total. The molecule has 3 aromatic heterocycles. The molecule has 0 saturated carbocycles. The van der Waals surface area contributed by atoms with E-state index in [0.29, 0.717) is 5.89 Å². The van der Waals surface area contributed by atoms with Gasteiger partial charge in [0.05, 0.1) is 16.4 Å². The highest BCUT2D eigenvalue weighted by Gasteiger charge is 2.19. The van der Waals surface area contributed by atoms with Crippen LogP contribution >= 0.6 is 11.3 Å². The number of benzene rings is 5. The molecule has 8 aromatic rings. The van der Waals surface area contributed by atoms with Crippen LogP contribution < -0.4 is 0 Å².